The molecule has 0 aliphatic rings. The molecule has 0 saturated heterocycles. The van der Waals surface area contributed by atoms with Gasteiger partial charge in [-0.15, -0.1) is 0 Å². The Balaban J connectivity index is 1.05. The second-order valence-corrected chi connectivity index (χ2v) is 12.4. The molecule has 0 aliphatic carbocycles. The fourth-order valence-corrected chi connectivity index (χ4v) is 6.86. The van der Waals surface area contributed by atoms with Gasteiger partial charge in [0, 0.05) is 36.7 Å². The summed E-state index contributed by atoms with van der Waals surface area (Å²) in [6, 6.07) is 27.5. The normalized spacial score (nSPS) is 12.0. The van der Waals surface area contributed by atoms with Crippen LogP contribution in [0.1, 0.15) is 35.6 Å². The second kappa shape index (κ2) is 14.0. The Hall–Kier alpha value is -5.23. The number of hydrogen-bond donors (Lipinski definition) is 6. The van der Waals surface area contributed by atoms with Crippen molar-refractivity contribution in [3.63, 3.8) is 0 Å². The van der Waals surface area contributed by atoms with E-state index < -0.39 is 12.2 Å². The van der Waals surface area contributed by atoms with E-state index >= 15 is 0 Å². The summed E-state index contributed by atoms with van der Waals surface area (Å²) in [5, 5.41) is 36.7. The predicted molar refractivity (Wildman–Crippen MR) is 185 cm³/mol. The van der Waals surface area contributed by atoms with Crippen molar-refractivity contribution in [3.05, 3.63) is 128 Å². The van der Waals surface area contributed by atoms with Crippen LogP contribution in [-0.2, 0) is 19.5 Å². The standard InChI is InChI=1S/C36H34N4O6S/c41-30-15-12-26(27-13-16-33(43)39-34(27)30)31(42)21-37-20-23-10-14-29-32(19-23)47-36(46)40(29)17-5-4-6-22-9-11-25(24-7-2-1-3-8-24)28(18-22)38-35(44)45/h1-3,7-16,18-19,31,37-38,41-42H,4-6,17,20-21H2,(H,39,43)(H,44,45)/t31-/m1/s1. The molecule has 1 atom stereocenters. The first kappa shape index (κ1) is 31.7. The highest BCUT2D eigenvalue weighted by atomic mass is 32.1. The van der Waals surface area contributed by atoms with Gasteiger partial charge in [-0.25, -0.2) is 4.79 Å². The topological polar surface area (TPSA) is 157 Å². The van der Waals surface area contributed by atoms with Crippen LogP contribution in [0.25, 0.3) is 32.2 Å². The lowest BCUT2D eigenvalue weighted by Gasteiger charge is -2.15. The maximum absolute atomic E-state index is 12.9. The lowest BCUT2D eigenvalue weighted by atomic mass is 9.99. The van der Waals surface area contributed by atoms with Crippen LogP contribution in [0.15, 0.2) is 101 Å². The van der Waals surface area contributed by atoms with Gasteiger partial charge in [0.05, 0.1) is 27.5 Å². The number of benzene rings is 4. The van der Waals surface area contributed by atoms with E-state index in [2.05, 4.69) is 15.6 Å². The molecule has 1 amide bonds. The number of unbranched alkanes of at least 4 members (excludes halogenated alkanes) is 1. The van der Waals surface area contributed by atoms with Crippen LogP contribution < -0.4 is 21.1 Å². The fourth-order valence-electron chi connectivity index (χ4n) is 5.88. The number of aromatic nitrogens is 2. The number of fused-ring (bicyclic) bond motifs is 2. The Morgan fingerprint density at radius 3 is 2.53 bits per heavy atom. The average Bonchev–Trinajstić information content (AvgIpc) is 3.37. The number of rotatable bonds is 12. The predicted octanol–water partition coefficient (Wildman–Crippen LogP) is 6.21. The second-order valence-electron chi connectivity index (χ2n) is 11.4. The number of anilines is 1. The number of amides is 1. The zero-order valence-electron chi connectivity index (χ0n) is 25.4. The number of aromatic hydroxyl groups is 1. The first-order chi connectivity index (χ1) is 22.8. The van der Waals surface area contributed by atoms with Gasteiger partial charge in [0.1, 0.15) is 5.75 Å². The number of aliphatic hydroxyl groups is 1. The highest BCUT2D eigenvalue weighted by molar-refractivity contribution is 7.16. The SMILES string of the molecule is O=C(O)Nc1cc(CCCCn2c(=O)sc3cc(CNC[C@@H](O)c4ccc(O)c5[nH]c(=O)ccc45)ccc32)ccc1-c1ccccc1. The summed E-state index contributed by atoms with van der Waals surface area (Å²) in [6.07, 6.45) is 0.389. The Kier molecular flexibility index (Phi) is 9.48. The van der Waals surface area contributed by atoms with Gasteiger partial charge in [-0.3, -0.25) is 19.5 Å². The molecule has 6 rings (SSSR count). The van der Waals surface area contributed by atoms with Crippen LogP contribution in [0, 0.1) is 0 Å². The number of nitrogens with zero attached hydrogens (tertiary/aromatic N) is 1. The zero-order chi connectivity index (χ0) is 32.9. The third-order valence-corrected chi connectivity index (χ3v) is 9.11. The minimum atomic E-state index is -1.11. The van der Waals surface area contributed by atoms with Crippen LogP contribution in [0.2, 0.25) is 0 Å². The number of phenols is 1. The first-order valence-corrected chi connectivity index (χ1v) is 16.1. The van der Waals surface area contributed by atoms with Gasteiger partial charge < -0.3 is 25.6 Å². The van der Waals surface area contributed by atoms with Crippen molar-refractivity contribution >= 4 is 44.2 Å². The Labute approximate surface area is 273 Å². The molecule has 6 N–H and O–H groups in total. The van der Waals surface area contributed by atoms with E-state index in [4.69, 9.17) is 0 Å². The lowest BCUT2D eigenvalue weighted by Crippen LogP contribution is -2.21. The van der Waals surface area contributed by atoms with Gasteiger partial charge in [0.15, 0.2) is 0 Å². The van der Waals surface area contributed by atoms with E-state index in [1.54, 1.807) is 16.7 Å². The molecule has 0 bridgehead atoms. The first-order valence-electron chi connectivity index (χ1n) is 15.3. The number of carbonyl (C=O) groups is 1. The van der Waals surface area contributed by atoms with E-state index in [0.717, 1.165) is 51.7 Å². The number of H-pyrrole nitrogens is 1. The van der Waals surface area contributed by atoms with Crippen LogP contribution in [0.4, 0.5) is 10.5 Å². The van der Waals surface area contributed by atoms with E-state index in [1.165, 1.54) is 23.5 Å². The summed E-state index contributed by atoms with van der Waals surface area (Å²) in [5.41, 5.74) is 5.73. The molecule has 4 aromatic carbocycles. The minimum absolute atomic E-state index is 0.0158. The number of aliphatic hydroxyl groups excluding tert-OH is 1. The van der Waals surface area contributed by atoms with E-state index in [-0.39, 0.29) is 22.7 Å². The van der Waals surface area contributed by atoms with Crippen molar-refractivity contribution in [3.8, 4) is 16.9 Å². The fraction of sp³-hybridized carbons (Fsp3) is 0.194. The minimum Gasteiger partial charge on any atom is -0.506 e. The zero-order valence-corrected chi connectivity index (χ0v) is 26.2. The molecule has 0 aliphatic heterocycles. The quantitative estimate of drug-likeness (QED) is 0.0860. The summed E-state index contributed by atoms with van der Waals surface area (Å²) >= 11 is 1.21. The number of aryl methyl sites for hydroxylation is 2. The monoisotopic (exact) mass is 650 g/mol. The highest BCUT2D eigenvalue weighted by Gasteiger charge is 2.15. The molecule has 47 heavy (non-hydrogen) atoms. The third kappa shape index (κ3) is 7.28. The van der Waals surface area contributed by atoms with Gasteiger partial charge >= 0.3 is 11.0 Å². The number of nitrogens with one attached hydrogen (secondary N) is 3. The Morgan fingerprint density at radius 2 is 1.72 bits per heavy atom. The van der Waals surface area contributed by atoms with Gasteiger partial charge in [0.25, 0.3) is 0 Å². The van der Waals surface area contributed by atoms with E-state index in [0.29, 0.717) is 35.2 Å². The summed E-state index contributed by atoms with van der Waals surface area (Å²) in [7, 11) is 0. The summed E-state index contributed by atoms with van der Waals surface area (Å²) in [5.74, 6) is -0.0567. The molecule has 0 radical (unpaired) electrons. The van der Waals surface area contributed by atoms with Gasteiger partial charge in [-0.2, -0.15) is 0 Å². The van der Waals surface area contributed by atoms with Crippen LogP contribution in [-0.4, -0.2) is 37.5 Å². The maximum atomic E-state index is 12.9. The average molecular weight is 651 g/mol. The smallest absolute Gasteiger partial charge is 0.409 e. The number of hydrogen-bond acceptors (Lipinski definition) is 7. The molecule has 0 fully saturated rings. The molecule has 0 spiro atoms. The summed E-state index contributed by atoms with van der Waals surface area (Å²) in [6.45, 7) is 1.31. The molecule has 6 aromatic rings. The maximum Gasteiger partial charge on any atom is 0.409 e. The molecule has 10 nitrogen and oxygen atoms in total. The Bertz CT molecular complexity index is 2170. The van der Waals surface area contributed by atoms with Gasteiger partial charge in [-0.05, 0) is 71.8 Å². The van der Waals surface area contributed by atoms with E-state index in [9.17, 15) is 29.7 Å². The molecule has 2 aromatic heterocycles. The Morgan fingerprint density at radius 1 is 0.915 bits per heavy atom. The number of carboxylic acid groups (broad SMARTS) is 1. The molecule has 0 saturated carbocycles. The van der Waals surface area contributed by atoms with Crippen molar-refractivity contribution < 1.29 is 20.1 Å². The van der Waals surface area contributed by atoms with E-state index in [1.807, 2.05) is 66.7 Å². The van der Waals surface area contributed by atoms with Crippen molar-refractivity contribution in [2.24, 2.45) is 0 Å². The van der Waals surface area contributed by atoms with Crippen molar-refractivity contribution in [2.45, 2.75) is 38.5 Å². The third-order valence-electron chi connectivity index (χ3n) is 8.17. The summed E-state index contributed by atoms with van der Waals surface area (Å²) < 4.78 is 2.70. The van der Waals surface area contributed by atoms with Crippen molar-refractivity contribution in [2.75, 3.05) is 11.9 Å². The highest BCUT2D eigenvalue weighted by Crippen LogP contribution is 2.30. The largest absolute Gasteiger partial charge is 0.506 e. The molecule has 11 heteroatoms. The molecular formula is C36H34N4O6S. The van der Waals surface area contributed by atoms with Crippen LogP contribution in [0.3, 0.4) is 0 Å². The molecular weight excluding hydrogens is 616 g/mol. The van der Waals surface area contributed by atoms with Gasteiger partial charge in [0.2, 0.25) is 5.56 Å². The lowest BCUT2D eigenvalue weighted by molar-refractivity contribution is 0.176. The molecule has 2 heterocycles. The number of phenolic OH excluding ortho intramolecular Hbond substituents is 1. The van der Waals surface area contributed by atoms with Crippen molar-refractivity contribution in [1.82, 2.24) is 14.9 Å². The summed E-state index contributed by atoms with van der Waals surface area (Å²) in [4.78, 5) is 38.6. The molecule has 240 valence electrons. The van der Waals surface area contributed by atoms with Crippen LogP contribution >= 0.6 is 11.3 Å². The number of thiazole rings is 1. The number of aromatic amines is 1. The van der Waals surface area contributed by atoms with Crippen molar-refractivity contribution in [1.29, 1.82) is 0 Å². The van der Waals surface area contributed by atoms with Gasteiger partial charge in [-0.1, -0.05) is 65.9 Å². The molecule has 0 unspecified atom stereocenters. The number of pyridine rings is 1. The van der Waals surface area contributed by atoms with Crippen LogP contribution in [0.5, 0.6) is 5.75 Å².